The molecule has 2 amide bonds. The van der Waals surface area contributed by atoms with Gasteiger partial charge in [0.2, 0.25) is 11.8 Å². The monoisotopic (exact) mass is 470 g/mol. The van der Waals surface area contributed by atoms with Gasteiger partial charge in [0.25, 0.3) is 0 Å². The number of nitrogens with zero attached hydrogens (tertiary/aromatic N) is 2. The number of carbonyl (C=O) groups excluding carboxylic acids is 3. The fourth-order valence-corrected chi connectivity index (χ4v) is 5.51. The average Bonchev–Trinajstić information content (AvgIpc) is 3.25. The van der Waals surface area contributed by atoms with Gasteiger partial charge in [-0.25, -0.2) is 9.18 Å². The Kier molecular flexibility index (Phi) is 6.89. The number of carbonyl (C=O) groups is 3. The zero-order valence-electron chi connectivity index (χ0n) is 19.4. The highest BCUT2D eigenvalue weighted by Gasteiger charge is 2.52. The third-order valence-electron chi connectivity index (χ3n) is 7.72. The summed E-state index contributed by atoms with van der Waals surface area (Å²) in [4.78, 5) is 38.9. The molecule has 5 rings (SSSR count). The topological polar surface area (TPSA) is 112 Å². The summed E-state index contributed by atoms with van der Waals surface area (Å²) in [5, 5.41) is 15.6. The number of esters is 1. The highest BCUT2D eigenvalue weighted by molar-refractivity contribution is 5.96. The molecule has 1 aromatic carbocycles. The Bertz CT molecular complexity index is 965. The fourth-order valence-electron chi connectivity index (χ4n) is 5.51. The third-order valence-corrected chi connectivity index (χ3v) is 7.72. The largest absolute Gasteiger partial charge is 0.462 e. The van der Waals surface area contributed by atoms with Gasteiger partial charge in [-0.3, -0.25) is 9.59 Å². The molecule has 0 spiro atoms. The molecule has 3 aliphatic carbocycles. The van der Waals surface area contributed by atoms with E-state index in [4.69, 9.17) is 4.74 Å². The van der Waals surface area contributed by atoms with E-state index in [1.54, 1.807) is 31.2 Å². The van der Waals surface area contributed by atoms with E-state index < -0.39 is 23.6 Å². The third kappa shape index (κ3) is 4.78. The number of benzene rings is 1. The van der Waals surface area contributed by atoms with Crippen LogP contribution in [0.1, 0.15) is 62.2 Å². The van der Waals surface area contributed by atoms with Crippen LogP contribution in [0.3, 0.4) is 0 Å². The van der Waals surface area contributed by atoms with Crippen LogP contribution in [0.2, 0.25) is 0 Å². The first-order chi connectivity index (χ1) is 16.3. The molecule has 1 aromatic rings. The van der Waals surface area contributed by atoms with Crippen LogP contribution in [0.4, 0.5) is 10.1 Å². The lowest BCUT2D eigenvalue weighted by molar-refractivity contribution is -0.135. The zero-order valence-corrected chi connectivity index (χ0v) is 19.4. The lowest BCUT2D eigenvalue weighted by Crippen LogP contribution is -2.59. The molecule has 34 heavy (non-hydrogen) atoms. The number of amides is 2. The van der Waals surface area contributed by atoms with E-state index in [0.717, 1.165) is 38.5 Å². The zero-order chi connectivity index (χ0) is 24.3. The first-order valence-electron chi connectivity index (χ1n) is 12.0. The number of alkyl halides is 1. The summed E-state index contributed by atoms with van der Waals surface area (Å²) in [6.07, 6.45) is 3.44. The van der Waals surface area contributed by atoms with E-state index >= 15 is 0 Å². The molecule has 0 aromatic heterocycles. The number of rotatable bonds is 7. The molecule has 2 atom stereocenters. The Morgan fingerprint density at radius 2 is 1.79 bits per heavy atom. The molecule has 2 unspecified atom stereocenters. The van der Waals surface area contributed by atoms with Gasteiger partial charge in [-0.2, -0.15) is 5.26 Å². The standard InChI is InChI=1S/C25H31FN4O4/c1-2-34-22(32)17-3-5-19(6-4-17)29-23(33)24-7-10-25(11-8-24,12-9-24)28-15-21(31)30-16-18(26)13-20(30)14-27/h3-6,18,20,28H,2,7-13,15-16H2,1H3,(H,29,33). The van der Waals surface area contributed by atoms with Crippen LogP contribution in [0, 0.1) is 16.7 Å². The van der Waals surface area contributed by atoms with E-state index in [9.17, 15) is 24.0 Å². The van der Waals surface area contributed by atoms with Gasteiger partial charge in [-0.15, -0.1) is 0 Å². The smallest absolute Gasteiger partial charge is 0.338 e. The second kappa shape index (κ2) is 9.71. The van der Waals surface area contributed by atoms with Gasteiger partial charge in [-0.1, -0.05) is 0 Å². The van der Waals surface area contributed by atoms with Crippen LogP contribution in [0.25, 0.3) is 0 Å². The van der Waals surface area contributed by atoms with E-state index in [2.05, 4.69) is 10.6 Å². The Morgan fingerprint density at radius 1 is 1.15 bits per heavy atom. The molecule has 1 saturated heterocycles. The van der Waals surface area contributed by atoms with E-state index in [1.165, 1.54) is 4.90 Å². The second-order valence-electron chi connectivity index (χ2n) is 9.69. The normalized spacial score (nSPS) is 30.0. The van der Waals surface area contributed by atoms with Gasteiger partial charge in [0.15, 0.2) is 0 Å². The van der Waals surface area contributed by atoms with Crippen LogP contribution in [-0.2, 0) is 14.3 Å². The number of anilines is 1. The van der Waals surface area contributed by atoms with E-state index in [1.807, 2.05) is 6.07 Å². The summed E-state index contributed by atoms with van der Waals surface area (Å²) in [6.45, 7) is 2.12. The van der Waals surface area contributed by atoms with Gasteiger partial charge >= 0.3 is 5.97 Å². The average molecular weight is 471 g/mol. The van der Waals surface area contributed by atoms with Gasteiger partial charge in [0.05, 0.1) is 31.3 Å². The van der Waals surface area contributed by atoms with Crippen molar-refractivity contribution in [2.24, 2.45) is 5.41 Å². The lowest BCUT2D eigenvalue weighted by Gasteiger charge is -2.52. The fraction of sp³-hybridized carbons (Fsp3) is 0.600. The predicted molar refractivity (Wildman–Crippen MR) is 123 cm³/mol. The summed E-state index contributed by atoms with van der Waals surface area (Å²) in [7, 11) is 0. The van der Waals surface area contributed by atoms with Crippen molar-refractivity contribution in [1.29, 1.82) is 5.26 Å². The SMILES string of the molecule is CCOC(=O)c1ccc(NC(=O)C23CCC(NCC(=O)N4CC(F)CC4C#N)(CC2)CC3)cc1. The summed E-state index contributed by atoms with van der Waals surface area (Å²) in [5.74, 6) is -0.644. The number of nitrogens with one attached hydrogen (secondary N) is 2. The molecule has 2 N–H and O–H groups in total. The Labute approximate surface area is 198 Å². The van der Waals surface area contributed by atoms with Gasteiger partial charge in [0, 0.05) is 23.1 Å². The molecule has 2 bridgehead atoms. The van der Waals surface area contributed by atoms with Crippen molar-refractivity contribution in [1.82, 2.24) is 10.2 Å². The van der Waals surface area contributed by atoms with Crippen LogP contribution in [0.15, 0.2) is 24.3 Å². The van der Waals surface area contributed by atoms with Crippen molar-refractivity contribution in [2.45, 2.75) is 69.6 Å². The Morgan fingerprint density at radius 3 is 2.38 bits per heavy atom. The van der Waals surface area contributed by atoms with Crippen LogP contribution in [0.5, 0.6) is 0 Å². The first-order valence-corrected chi connectivity index (χ1v) is 12.0. The molecular weight excluding hydrogens is 439 g/mol. The maximum Gasteiger partial charge on any atom is 0.338 e. The molecule has 9 heteroatoms. The first kappa shape index (κ1) is 24.1. The minimum Gasteiger partial charge on any atom is -0.462 e. The molecule has 182 valence electrons. The number of ether oxygens (including phenoxy) is 1. The van der Waals surface area contributed by atoms with Gasteiger partial charge < -0.3 is 20.3 Å². The minimum atomic E-state index is -1.14. The van der Waals surface area contributed by atoms with Crippen LogP contribution in [-0.4, -0.2) is 60.1 Å². The van der Waals surface area contributed by atoms with Crippen LogP contribution >= 0.6 is 0 Å². The minimum absolute atomic E-state index is 0.0105. The number of fused-ring (bicyclic) bond motifs is 3. The van der Waals surface area contributed by atoms with Crippen molar-refractivity contribution < 1.29 is 23.5 Å². The Balaban J connectivity index is 1.30. The molecule has 3 saturated carbocycles. The summed E-state index contributed by atoms with van der Waals surface area (Å²) in [6, 6.07) is 8.02. The number of hydrogen-bond acceptors (Lipinski definition) is 6. The molecule has 0 radical (unpaired) electrons. The van der Waals surface area contributed by atoms with Gasteiger partial charge in [0.1, 0.15) is 12.2 Å². The molecule has 4 fully saturated rings. The van der Waals surface area contributed by atoms with Crippen molar-refractivity contribution in [3.63, 3.8) is 0 Å². The summed E-state index contributed by atoms with van der Waals surface area (Å²) >= 11 is 0. The van der Waals surface area contributed by atoms with Crippen LogP contribution < -0.4 is 10.6 Å². The second-order valence-corrected chi connectivity index (χ2v) is 9.69. The highest BCUT2D eigenvalue weighted by Crippen LogP contribution is 2.52. The Hall–Kier alpha value is -2.99. The number of nitriles is 1. The molecule has 1 aliphatic heterocycles. The summed E-state index contributed by atoms with van der Waals surface area (Å²) in [5.41, 5.74) is 0.448. The number of likely N-dealkylation sites (tertiary alicyclic amines) is 1. The molecule has 4 aliphatic rings. The van der Waals surface area contributed by atoms with E-state index in [0.29, 0.717) is 17.9 Å². The maximum atomic E-state index is 13.7. The van der Waals surface area contributed by atoms with Crippen molar-refractivity contribution in [3.05, 3.63) is 29.8 Å². The quantitative estimate of drug-likeness (QED) is 0.593. The number of hydrogen-bond donors (Lipinski definition) is 2. The lowest BCUT2D eigenvalue weighted by atomic mass is 9.57. The predicted octanol–water partition coefficient (Wildman–Crippen LogP) is 2.95. The highest BCUT2D eigenvalue weighted by atomic mass is 19.1. The molecule has 8 nitrogen and oxygen atoms in total. The summed E-state index contributed by atoms with van der Waals surface area (Å²) < 4.78 is 18.6. The van der Waals surface area contributed by atoms with Crippen molar-refractivity contribution >= 4 is 23.5 Å². The number of halogens is 1. The van der Waals surface area contributed by atoms with Gasteiger partial charge in [-0.05, 0) is 69.7 Å². The van der Waals surface area contributed by atoms with Crippen molar-refractivity contribution in [2.75, 3.05) is 25.0 Å². The van der Waals surface area contributed by atoms with Crippen molar-refractivity contribution in [3.8, 4) is 6.07 Å². The molecule has 1 heterocycles. The van der Waals surface area contributed by atoms with E-state index in [-0.39, 0.29) is 36.9 Å². The maximum absolute atomic E-state index is 13.7. The molecular formula is C25H31FN4O4.